The molecule has 0 aromatic heterocycles. The molecule has 1 N–H and O–H groups in total. The molecule has 0 aliphatic rings. The molecule has 22 heavy (non-hydrogen) atoms. The second-order valence-corrected chi connectivity index (χ2v) is 5.06. The molecule has 0 aliphatic heterocycles. The third kappa shape index (κ3) is 4.23. The lowest BCUT2D eigenvalue weighted by Crippen LogP contribution is -2.11. The van der Waals surface area contributed by atoms with Gasteiger partial charge in [-0.25, -0.2) is 0 Å². The number of aryl methyl sites for hydroxylation is 1. The van der Waals surface area contributed by atoms with Gasteiger partial charge in [-0.15, -0.1) is 0 Å². The van der Waals surface area contributed by atoms with E-state index < -0.39 is 11.0 Å². The summed E-state index contributed by atoms with van der Waals surface area (Å²) in [5.41, 5.74) is 1.59. The number of non-ortho nitro benzene ring substituents is 1. The number of nitrogens with zero attached hydrogens (tertiary/aromatic N) is 1. The fourth-order valence-corrected chi connectivity index (χ4v) is 2.21. The maximum absolute atomic E-state index is 11.9. The van der Waals surface area contributed by atoms with Gasteiger partial charge in [-0.3, -0.25) is 14.9 Å². The number of Topliss-reactive ketones (excluding diaryl/α,β-unsaturated/α-hetero) is 1. The normalized spacial score (nSPS) is 11.9. The van der Waals surface area contributed by atoms with Crippen molar-refractivity contribution in [1.82, 2.24) is 0 Å². The van der Waals surface area contributed by atoms with Crippen molar-refractivity contribution in [1.29, 1.82) is 0 Å². The second kappa shape index (κ2) is 7.47. The van der Waals surface area contributed by atoms with Crippen LogP contribution in [0.5, 0.6) is 0 Å². The Bertz CT molecular complexity index is 637. The topological polar surface area (TPSA) is 80.4 Å². The molecule has 0 radical (unpaired) electrons. The van der Waals surface area contributed by atoms with Gasteiger partial charge in [-0.05, 0) is 24.0 Å². The van der Waals surface area contributed by atoms with Crippen molar-refractivity contribution < 1.29 is 14.8 Å². The van der Waals surface area contributed by atoms with E-state index in [0.29, 0.717) is 18.4 Å². The standard InChI is InChI=1S/C17H17NO4/c19-16(17(20)14-6-2-1-3-7-14)8-4-5-13-9-11-15(12-10-13)18(21)22/h1-3,6-7,9-12,17,20H,4-5,8H2/t17-/m1/s1. The molecule has 0 unspecified atom stereocenters. The van der Waals surface area contributed by atoms with Crippen molar-refractivity contribution in [2.24, 2.45) is 0 Å². The maximum atomic E-state index is 11.9. The van der Waals surface area contributed by atoms with E-state index in [1.165, 1.54) is 12.1 Å². The lowest BCUT2D eigenvalue weighted by molar-refractivity contribution is -0.384. The molecule has 5 heteroatoms. The van der Waals surface area contributed by atoms with Crippen molar-refractivity contribution in [3.8, 4) is 0 Å². The van der Waals surface area contributed by atoms with E-state index in [4.69, 9.17) is 0 Å². The number of rotatable bonds is 7. The van der Waals surface area contributed by atoms with E-state index >= 15 is 0 Å². The average molecular weight is 299 g/mol. The molecule has 0 spiro atoms. The van der Waals surface area contributed by atoms with E-state index in [1.807, 2.05) is 6.07 Å². The largest absolute Gasteiger partial charge is 0.381 e. The Morgan fingerprint density at radius 1 is 1.09 bits per heavy atom. The fraction of sp³-hybridized carbons (Fsp3) is 0.235. The molecule has 0 fully saturated rings. The summed E-state index contributed by atoms with van der Waals surface area (Å²) in [6, 6.07) is 15.1. The fourth-order valence-electron chi connectivity index (χ4n) is 2.21. The minimum Gasteiger partial charge on any atom is -0.381 e. The summed E-state index contributed by atoms with van der Waals surface area (Å²) in [6.45, 7) is 0. The first kappa shape index (κ1) is 15.9. The molecule has 0 heterocycles. The van der Waals surface area contributed by atoms with Crippen molar-refractivity contribution in [2.75, 3.05) is 0 Å². The molecule has 114 valence electrons. The average Bonchev–Trinajstić information content (AvgIpc) is 2.55. The minimum absolute atomic E-state index is 0.0549. The first-order valence-corrected chi connectivity index (χ1v) is 7.07. The van der Waals surface area contributed by atoms with Gasteiger partial charge in [0.1, 0.15) is 6.10 Å². The highest BCUT2D eigenvalue weighted by molar-refractivity contribution is 5.84. The van der Waals surface area contributed by atoms with Gasteiger partial charge < -0.3 is 5.11 Å². The molecule has 0 bridgehead atoms. The minimum atomic E-state index is -1.09. The van der Waals surface area contributed by atoms with Crippen molar-refractivity contribution >= 4 is 11.5 Å². The Balaban J connectivity index is 1.83. The van der Waals surface area contributed by atoms with Crippen molar-refractivity contribution in [3.05, 3.63) is 75.8 Å². The van der Waals surface area contributed by atoms with Crippen molar-refractivity contribution in [2.45, 2.75) is 25.4 Å². The van der Waals surface area contributed by atoms with Gasteiger partial charge in [0.2, 0.25) is 0 Å². The molecular weight excluding hydrogens is 282 g/mol. The molecular formula is C17H17NO4. The van der Waals surface area contributed by atoms with Crippen LogP contribution < -0.4 is 0 Å². The zero-order chi connectivity index (χ0) is 15.9. The van der Waals surface area contributed by atoms with Crippen LogP contribution in [0.2, 0.25) is 0 Å². The molecule has 0 aliphatic carbocycles. The Hall–Kier alpha value is -2.53. The first-order valence-electron chi connectivity index (χ1n) is 7.07. The zero-order valence-electron chi connectivity index (χ0n) is 12.0. The van der Waals surface area contributed by atoms with E-state index in [0.717, 1.165) is 5.56 Å². The summed E-state index contributed by atoms with van der Waals surface area (Å²) in [4.78, 5) is 22.1. The van der Waals surface area contributed by atoms with E-state index in [9.17, 15) is 20.0 Å². The molecule has 0 amide bonds. The number of ketones is 1. The predicted molar refractivity (Wildman–Crippen MR) is 82.4 cm³/mol. The highest BCUT2D eigenvalue weighted by Gasteiger charge is 2.16. The van der Waals surface area contributed by atoms with Gasteiger partial charge in [0.05, 0.1) is 4.92 Å². The van der Waals surface area contributed by atoms with Gasteiger partial charge >= 0.3 is 0 Å². The number of hydrogen-bond donors (Lipinski definition) is 1. The van der Waals surface area contributed by atoms with Crippen LogP contribution in [0, 0.1) is 10.1 Å². The Labute approximate surface area is 128 Å². The van der Waals surface area contributed by atoms with Crippen LogP contribution in [0.4, 0.5) is 5.69 Å². The first-order chi connectivity index (χ1) is 10.6. The predicted octanol–water partition coefficient (Wildman–Crippen LogP) is 3.22. The van der Waals surface area contributed by atoms with Crippen LogP contribution in [0.1, 0.15) is 30.1 Å². The SMILES string of the molecule is O=C(CCCc1ccc([N+](=O)[O-])cc1)[C@H](O)c1ccccc1. The number of hydrogen-bond acceptors (Lipinski definition) is 4. The molecule has 5 nitrogen and oxygen atoms in total. The third-order valence-corrected chi connectivity index (χ3v) is 3.46. The summed E-state index contributed by atoms with van der Waals surface area (Å²) in [6.07, 6.45) is 0.428. The van der Waals surface area contributed by atoms with Crippen LogP contribution in [-0.4, -0.2) is 15.8 Å². The third-order valence-electron chi connectivity index (χ3n) is 3.46. The highest BCUT2D eigenvalue weighted by atomic mass is 16.6. The van der Waals surface area contributed by atoms with Gasteiger partial charge in [0.15, 0.2) is 5.78 Å². The van der Waals surface area contributed by atoms with E-state index in [1.54, 1.807) is 36.4 Å². The Kier molecular flexibility index (Phi) is 5.38. The molecule has 0 saturated carbocycles. The smallest absolute Gasteiger partial charge is 0.269 e. The number of nitro groups is 1. The molecule has 2 aromatic rings. The zero-order valence-corrected chi connectivity index (χ0v) is 12.0. The summed E-state index contributed by atoms with van der Waals surface area (Å²) < 4.78 is 0. The van der Waals surface area contributed by atoms with E-state index in [2.05, 4.69) is 0 Å². The number of nitro benzene ring substituents is 1. The van der Waals surface area contributed by atoms with Crippen molar-refractivity contribution in [3.63, 3.8) is 0 Å². The monoisotopic (exact) mass is 299 g/mol. The summed E-state index contributed by atoms with van der Waals surface area (Å²) in [5.74, 6) is -0.215. The highest BCUT2D eigenvalue weighted by Crippen LogP contribution is 2.17. The Morgan fingerprint density at radius 2 is 1.73 bits per heavy atom. The molecule has 2 rings (SSSR count). The summed E-state index contributed by atoms with van der Waals surface area (Å²) in [7, 11) is 0. The quantitative estimate of drug-likeness (QED) is 0.628. The number of carbonyl (C=O) groups is 1. The molecule has 1 atom stereocenters. The molecule has 2 aromatic carbocycles. The van der Waals surface area contributed by atoms with E-state index in [-0.39, 0.29) is 17.9 Å². The van der Waals surface area contributed by atoms with Crippen LogP contribution in [0.25, 0.3) is 0 Å². The molecule has 0 saturated heterocycles. The van der Waals surface area contributed by atoms with Gasteiger partial charge in [-0.2, -0.15) is 0 Å². The van der Waals surface area contributed by atoms with Gasteiger partial charge in [-0.1, -0.05) is 42.5 Å². The lowest BCUT2D eigenvalue weighted by Gasteiger charge is -2.09. The van der Waals surface area contributed by atoms with Gasteiger partial charge in [0, 0.05) is 18.6 Å². The lowest BCUT2D eigenvalue weighted by atomic mass is 10.00. The number of benzene rings is 2. The number of aliphatic hydroxyl groups is 1. The van der Waals surface area contributed by atoms with Crippen LogP contribution in [0.3, 0.4) is 0 Å². The van der Waals surface area contributed by atoms with Gasteiger partial charge in [0.25, 0.3) is 5.69 Å². The number of carbonyl (C=O) groups excluding carboxylic acids is 1. The Morgan fingerprint density at radius 3 is 2.32 bits per heavy atom. The summed E-state index contributed by atoms with van der Waals surface area (Å²) >= 11 is 0. The second-order valence-electron chi connectivity index (χ2n) is 5.06. The van der Waals surface area contributed by atoms with Crippen LogP contribution >= 0.6 is 0 Å². The maximum Gasteiger partial charge on any atom is 0.269 e. The van der Waals surface area contributed by atoms with Crippen LogP contribution in [0.15, 0.2) is 54.6 Å². The summed E-state index contributed by atoms with van der Waals surface area (Å²) in [5, 5.41) is 20.5. The van der Waals surface area contributed by atoms with Crippen LogP contribution in [-0.2, 0) is 11.2 Å². The number of aliphatic hydroxyl groups excluding tert-OH is 1.